The summed E-state index contributed by atoms with van der Waals surface area (Å²) in [5, 5.41) is 13.3. The number of nitrogens with zero attached hydrogens (tertiary/aromatic N) is 6. The molecule has 6 rings (SSSR count). The molecule has 0 bridgehead atoms. The van der Waals surface area contributed by atoms with Crippen molar-refractivity contribution in [3.63, 3.8) is 0 Å². The van der Waals surface area contributed by atoms with Crippen LogP contribution in [0, 0.1) is 18.6 Å². The monoisotopic (exact) mass is 635 g/mol. The smallest absolute Gasteiger partial charge is 0.355 e. The van der Waals surface area contributed by atoms with E-state index >= 15 is 4.39 Å². The van der Waals surface area contributed by atoms with Gasteiger partial charge in [0.15, 0.2) is 17.3 Å². The molecule has 3 aromatic heterocycles. The maximum Gasteiger partial charge on any atom is 0.355 e. The number of hydrogen-bond acceptors (Lipinski definition) is 8. The number of rotatable bonds is 4. The molecule has 0 saturated carbocycles. The summed E-state index contributed by atoms with van der Waals surface area (Å²) in [6.07, 6.45) is 2.76. The van der Waals surface area contributed by atoms with E-state index in [-0.39, 0.29) is 52.5 Å². The number of aromatic hydroxyl groups is 1. The Morgan fingerprint density at radius 2 is 1.93 bits per heavy atom. The van der Waals surface area contributed by atoms with Crippen LogP contribution in [-0.2, 0) is 9.59 Å². The second-order valence-corrected chi connectivity index (χ2v) is 11.8. The highest BCUT2D eigenvalue weighted by molar-refractivity contribution is 6.38. The minimum Gasteiger partial charge on any atom is -0.507 e. The van der Waals surface area contributed by atoms with Crippen molar-refractivity contribution in [3.8, 4) is 22.7 Å². The van der Waals surface area contributed by atoms with E-state index in [1.54, 1.807) is 31.0 Å². The van der Waals surface area contributed by atoms with Crippen LogP contribution < -0.4 is 15.9 Å². The molecule has 2 N–H and O–H groups in total. The van der Waals surface area contributed by atoms with Crippen LogP contribution in [-0.4, -0.2) is 66.5 Å². The lowest BCUT2D eigenvalue weighted by Crippen LogP contribution is -2.62. The maximum absolute atomic E-state index is 15.3. The van der Waals surface area contributed by atoms with Gasteiger partial charge >= 0.3 is 5.69 Å². The van der Waals surface area contributed by atoms with E-state index in [1.807, 2.05) is 13.8 Å². The Balaban J connectivity index is 1.76. The highest BCUT2D eigenvalue weighted by Gasteiger charge is 2.43. The fourth-order valence-corrected chi connectivity index (χ4v) is 6.30. The van der Waals surface area contributed by atoms with E-state index in [4.69, 9.17) is 11.6 Å². The number of phenolic OH excluding ortho intramolecular Hbond substituents is 1. The van der Waals surface area contributed by atoms with Gasteiger partial charge in [-0.3, -0.25) is 14.6 Å². The fourth-order valence-electron chi connectivity index (χ4n) is 6.02. The normalized spacial score (nSPS) is 17.7. The molecule has 5 heterocycles. The number of carbonyl (C=O) groups excluding carboxylic acids is 2. The minimum absolute atomic E-state index is 0.0610. The van der Waals surface area contributed by atoms with E-state index in [9.17, 15) is 23.9 Å². The number of aromatic nitrogens is 4. The van der Waals surface area contributed by atoms with Gasteiger partial charge in [0.2, 0.25) is 11.8 Å². The number of amides is 2. The number of halogens is 3. The topological polar surface area (TPSA) is 134 Å². The number of pyridine rings is 2. The first-order valence-electron chi connectivity index (χ1n) is 14.2. The van der Waals surface area contributed by atoms with E-state index in [1.165, 1.54) is 9.47 Å². The number of phenols is 1. The molecule has 2 aliphatic heterocycles. The highest BCUT2D eigenvalue weighted by atomic mass is 35.5. The van der Waals surface area contributed by atoms with Crippen LogP contribution in [0.4, 0.5) is 20.3 Å². The van der Waals surface area contributed by atoms with Crippen molar-refractivity contribution in [2.45, 2.75) is 45.7 Å². The molecule has 14 heteroatoms. The lowest BCUT2D eigenvalue weighted by atomic mass is 10.0. The SMILES string of the molecule is C=CC(=O)N1CC2C(=O)Nc3c(Cl)c(-c4c(O)ccc(F)c4F)nc4c3c(nc(=O)n4-c3c(C)ccnc3C(C)C)N2CC1C. The number of hydrogen-bond donors (Lipinski definition) is 2. The summed E-state index contributed by atoms with van der Waals surface area (Å²) >= 11 is 6.84. The molecule has 0 aliphatic carbocycles. The van der Waals surface area contributed by atoms with Gasteiger partial charge in [-0.1, -0.05) is 32.0 Å². The zero-order chi connectivity index (χ0) is 32.5. The van der Waals surface area contributed by atoms with E-state index in [2.05, 4.69) is 26.8 Å². The van der Waals surface area contributed by atoms with Gasteiger partial charge in [0.25, 0.3) is 0 Å². The summed E-state index contributed by atoms with van der Waals surface area (Å²) in [6, 6.07) is 1.99. The van der Waals surface area contributed by atoms with E-state index in [0.29, 0.717) is 16.9 Å². The van der Waals surface area contributed by atoms with Gasteiger partial charge in [0, 0.05) is 18.8 Å². The first-order chi connectivity index (χ1) is 21.3. The lowest BCUT2D eigenvalue weighted by Gasteiger charge is -2.44. The standard InChI is InChI=1S/C31H28ClF2N7O4/c1-6-19(43)39-12-17-30(44)37-26-21-28(40(17)11-15(39)5)38-31(45)41(27-14(4)9-10-35-24(27)13(2)3)29(21)36-25(22(26)32)20-18(42)8-7-16(33)23(20)34/h6-10,13,15,17,42H,1,11-12H2,2-5H3,(H,37,44). The third-order valence-corrected chi connectivity index (χ3v) is 8.57. The summed E-state index contributed by atoms with van der Waals surface area (Å²) < 4.78 is 31.0. The number of piperazine rings is 1. The second-order valence-electron chi connectivity index (χ2n) is 11.4. The lowest BCUT2D eigenvalue weighted by molar-refractivity contribution is -0.130. The van der Waals surface area contributed by atoms with Gasteiger partial charge in [-0.25, -0.2) is 23.1 Å². The van der Waals surface area contributed by atoms with Gasteiger partial charge in [-0.15, -0.1) is 0 Å². The Morgan fingerprint density at radius 3 is 2.62 bits per heavy atom. The van der Waals surface area contributed by atoms with Crippen LogP contribution in [0.3, 0.4) is 0 Å². The second kappa shape index (κ2) is 10.9. The van der Waals surface area contributed by atoms with Crippen LogP contribution in [0.2, 0.25) is 5.02 Å². The summed E-state index contributed by atoms with van der Waals surface area (Å²) in [7, 11) is 0. The molecular formula is C31H28ClF2N7O4. The summed E-state index contributed by atoms with van der Waals surface area (Å²) in [4.78, 5) is 57.3. The maximum atomic E-state index is 15.3. The molecule has 0 spiro atoms. The average molecular weight is 636 g/mol. The van der Waals surface area contributed by atoms with Crippen molar-refractivity contribution in [2.75, 3.05) is 23.3 Å². The van der Waals surface area contributed by atoms with Crippen molar-refractivity contribution in [2.24, 2.45) is 0 Å². The van der Waals surface area contributed by atoms with Crippen LogP contribution in [0.25, 0.3) is 28.0 Å². The van der Waals surface area contributed by atoms with Gasteiger partial charge < -0.3 is 20.2 Å². The molecule has 4 aromatic rings. The first-order valence-corrected chi connectivity index (χ1v) is 14.5. The Morgan fingerprint density at radius 1 is 1.20 bits per heavy atom. The van der Waals surface area contributed by atoms with Crippen LogP contribution >= 0.6 is 11.6 Å². The zero-order valence-electron chi connectivity index (χ0n) is 24.7. The Bertz CT molecular complexity index is 2010. The van der Waals surface area contributed by atoms with Gasteiger partial charge in [0.05, 0.1) is 39.6 Å². The average Bonchev–Trinajstić information content (AvgIpc) is 3.11. The largest absolute Gasteiger partial charge is 0.507 e. The number of anilines is 2. The van der Waals surface area contributed by atoms with Crippen molar-refractivity contribution in [1.82, 2.24) is 24.4 Å². The van der Waals surface area contributed by atoms with Crippen LogP contribution in [0.15, 0.2) is 41.8 Å². The Labute approximate surface area is 260 Å². The molecule has 11 nitrogen and oxygen atoms in total. The van der Waals surface area contributed by atoms with Crippen molar-refractivity contribution >= 4 is 46.0 Å². The molecule has 2 atom stereocenters. The van der Waals surface area contributed by atoms with Crippen LogP contribution in [0.1, 0.15) is 37.9 Å². The molecule has 1 fully saturated rings. The van der Waals surface area contributed by atoms with E-state index < -0.39 is 52.3 Å². The zero-order valence-corrected chi connectivity index (χ0v) is 25.5. The molecule has 2 unspecified atom stereocenters. The molecule has 45 heavy (non-hydrogen) atoms. The highest BCUT2D eigenvalue weighted by Crippen LogP contribution is 2.46. The summed E-state index contributed by atoms with van der Waals surface area (Å²) in [5.41, 5.74) is -0.456. The summed E-state index contributed by atoms with van der Waals surface area (Å²) in [5.74, 6) is -4.42. The third-order valence-electron chi connectivity index (χ3n) is 8.20. The molecule has 0 radical (unpaired) electrons. The summed E-state index contributed by atoms with van der Waals surface area (Å²) in [6.45, 7) is 11.0. The molecule has 1 saturated heterocycles. The molecule has 2 aliphatic rings. The molecule has 232 valence electrons. The Hall–Kier alpha value is -4.91. The number of fused-ring (bicyclic) bond motifs is 2. The molecular weight excluding hydrogens is 608 g/mol. The van der Waals surface area contributed by atoms with Gasteiger partial charge in [0.1, 0.15) is 23.3 Å². The number of aryl methyl sites for hydroxylation is 1. The first kappa shape index (κ1) is 30.1. The molecule has 2 amide bonds. The third kappa shape index (κ3) is 4.60. The van der Waals surface area contributed by atoms with Gasteiger partial charge in [-0.2, -0.15) is 4.98 Å². The van der Waals surface area contributed by atoms with Crippen molar-refractivity contribution in [3.05, 3.63) is 75.4 Å². The van der Waals surface area contributed by atoms with E-state index in [0.717, 1.165) is 18.2 Å². The van der Waals surface area contributed by atoms with Crippen molar-refractivity contribution < 1.29 is 23.5 Å². The number of benzene rings is 1. The Kier molecular flexibility index (Phi) is 7.31. The van der Waals surface area contributed by atoms with Crippen LogP contribution in [0.5, 0.6) is 5.75 Å². The van der Waals surface area contributed by atoms with Gasteiger partial charge in [-0.05, 0) is 49.6 Å². The molecule has 1 aromatic carbocycles. The number of carbonyl (C=O) groups is 2. The predicted molar refractivity (Wildman–Crippen MR) is 165 cm³/mol. The predicted octanol–water partition coefficient (Wildman–Crippen LogP) is 4.46. The fraction of sp³-hybridized carbons (Fsp3) is 0.290. The minimum atomic E-state index is -1.43. The van der Waals surface area contributed by atoms with Crippen molar-refractivity contribution in [1.29, 1.82) is 0 Å². The number of nitrogens with one attached hydrogen (secondary N) is 1. The quantitative estimate of drug-likeness (QED) is 0.314.